The molecule has 2 rings (SSSR count). The van der Waals surface area contributed by atoms with Crippen LogP contribution in [0.4, 0.5) is 21.5 Å². The molecule has 0 aliphatic heterocycles. The first-order valence-corrected chi connectivity index (χ1v) is 6.39. The number of hydrogen-bond acceptors (Lipinski definition) is 3. The van der Waals surface area contributed by atoms with Crippen molar-refractivity contribution in [3.8, 4) is 0 Å². The van der Waals surface area contributed by atoms with Gasteiger partial charge in [-0.3, -0.25) is 10.1 Å². The maximum absolute atomic E-state index is 13.2. The van der Waals surface area contributed by atoms with Gasteiger partial charge in [0, 0.05) is 30.1 Å². The zero-order valence-electron chi connectivity index (χ0n) is 10.7. The molecule has 20 heavy (non-hydrogen) atoms. The quantitative estimate of drug-likeness (QED) is 0.481. The van der Waals surface area contributed by atoms with Gasteiger partial charge in [-0.15, -0.1) is 11.6 Å². The highest BCUT2D eigenvalue weighted by molar-refractivity contribution is 6.17. The van der Waals surface area contributed by atoms with Crippen molar-refractivity contribution in [2.45, 2.75) is 5.88 Å². The fraction of sp³-hybridized carbons (Fsp3) is 0.143. The van der Waals surface area contributed by atoms with E-state index in [0.717, 1.165) is 0 Å². The summed E-state index contributed by atoms with van der Waals surface area (Å²) in [6.45, 7) is 0. The van der Waals surface area contributed by atoms with Gasteiger partial charge in [-0.25, -0.2) is 4.39 Å². The SMILES string of the molecule is CN(c1cccc(F)c1)c1ccc([N+](=O)[O-])c(CCl)c1. The number of hydrogen-bond donors (Lipinski definition) is 0. The minimum absolute atomic E-state index is 0.0172. The zero-order chi connectivity index (χ0) is 14.7. The van der Waals surface area contributed by atoms with E-state index < -0.39 is 4.92 Å². The molecular weight excluding hydrogens is 283 g/mol. The summed E-state index contributed by atoms with van der Waals surface area (Å²) in [5, 5.41) is 10.9. The van der Waals surface area contributed by atoms with Gasteiger partial charge >= 0.3 is 0 Å². The van der Waals surface area contributed by atoms with Gasteiger partial charge in [0.05, 0.1) is 10.8 Å². The van der Waals surface area contributed by atoms with Gasteiger partial charge in [0.15, 0.2) is 0 Å². The van der Waals surface area contributed by atoms with Crippen LogP contribution < -0.4 is 4.90 Å². The Morgan fingerprint density at radius 2 is 1.95 bits per heavy atom. The van der Waals surface area contributed by atoms with Crippen molar-refractivity contribution >= 4 is 28.7 Å². The molecule has 0 amide bonds. The molecule has 0 aliphatic carbocycles. The third kappa shape index (κ3) is 2.88. The monoisotopic (exact) mass is 294 g/mol. The molecule has 2 aromatic carbocycles. The molecule has 0 spiro atoms. The lowest BCUT2D eigenvalue weighted by Crippen LogP contribution is -2.10. The Bertz CT molecular complexity index is 649. The number of nitrogens with zero attached hydrogens (tertiary/aromatic N) is 2. The van der Waals surface area contributed by atoms with E-state index in [1.165, 1.54) is 18.2 Å². The Balaban J connectivity index is 2.40. The molecule has 0 aromatic heterocycles. The molecule has 0 heterocycles. The van der Waals surface area contributed by atoms with Crippen molar-refractivity contribution in [1.29, 1.82) is 0 Å². The zero-order valence-corrected chi connectivity index (χ0v) is 11.5. The van der Waals surface area contributed by atoms with Crippen LogP contribution in [0.25, 0.3) is 0 Å². The Morgan fingerprint density at radius 3 is 2.55 bits per heavy atom. The topological polar surface area (TPSA) is 46.4 Å². The van der Waals surface area contributed by atoms with Crippen molar-refractivity contribution in [2.24, 2.45) is 0 Å². The summed E-state index contributed by atoms with van der Waals surface area (Å²) in [5.41, 5.74) is 1.77. The molecule has 0 aliphatic rings. The van der Waals surface area contributed by atoms with Crippen molar-refractivity contribution in [3.05, 3.63) is 64.0 Å². The number of alkyl halides is 1. The summed E-state index contributed by atoms with van der Waals surface area (Å²) in [4.78, 5) is 12.1. The summed E-state index contributed by atoms with van der Waals surface area (Å²) in [5.74, 6) is -0.296. The van der Waals surface area contributed by atoms with Crippen molar-refractivity contribution < 1.29 is 9.31 Å². The van der Waals surface area contributed by atoms with Crippen LogP contribution in [-0.4, -0.2) is 12.0 Å². The molecule has 0 N–H and O–H groups in total. The van der Waals surface area contributed by atoms with Gasteiger partial charge in [-0.1, -0.05) is 6.07 Å². The maximum Gasteiger partial charge on any atom is 0.273 e. The molecule has 0 atom stereocenters. The minimum atomic E-state index is -0.469. The molecule has 0 radical (unpaired) electrons. The van der Waals surface area contributed by atoms with E-state index in [-0.39, 0.29) is 17.4 Å². The summed E-state index contributed by atoms with van der Waals surface area (Å²) in [6, 6.07) is 10.8. The van der Waals surface area contributed by atoms with Crippen molar-refractivity contribution in [3.63, 3.8) is 0 Å². The average molecular weight is 295 g/mol. The van der Waals surface area contributed by atoms with Crippen LogP contribution in [-0.2, 0) is 5.88 Å². The fourth-order valence-electron chi connectivity index (χ4n) is 1.90. The van der Waals surface area contributed by atoms with E-state index in [0.29, 0.717) is 16.9 Å². The highest BCUT2D eigenvalue weighted by Crippen LogP contribution is 2.29. The van der Waals surface area contributed by atoms with E-state index in [2.05, 4.69) is 0 Å². The Morgan fingerprint density at radius 1 is 1.25 bits per heavy atom. The molecule has 6 heteroatoms. The first-order chi connectivity index (χ1) is 9.52. The van der Waals surface area contributed by atoms with Crippen LogP contribution in [0.5, 0.6) is 0 Å². The summed E-state index contributed by atoms with van der Waals surface area (Å²) in [7, 11) is 1.76. The smallest absolute Gasteiger partial charge is 0.273 e. The maximum atomic E-state index is 13.2. The van der Waals surface area contributed by atoms with Crippen LogP contribution >= 0.6 is 11.6 Å². The van der Waals surface area contributed by atoms with Gasteiger partial charge in [0.1, 0.15) is 5.82 Å². The summed E-state index contributed by atoms with van der Waals surface area (Å²) < 4.78 is 13.2. The second kappa shape index (κ2) is 5.88. The first kappa shape index (κ1) is 14.3. The van der Waals surface area contributed by atoms with Gasteiger partial charge in [0.25, 0.3) is 5.69 Å². The van der Waals surface area contributed by atoms with Crippen LogP contribution in [0.2, 0.25) is 0 Å². The Kier molecular flexibility index (Phi) is 4.20. The third-order valence-electron chi connectivity index (χ3n) is 2.99. The number of nitro groups is 1. The van der Waals surface area contributed by atoms with Crippen molar-refractivity contribution in [1.82, 2.24) is 0 Å². The number of nitro benzene ring substituents is 1. The lowest BCUT2D eigenvalue weighted by Gasteiger charge is -2.20. The number of halogens is 2. The van der Waals surface area contributed by atoms with Gasteiger partial charge < -0.3 is 4.90 Å². The Labute approximate surface area is 120 Å². The molecule has 0 fully saturated rings. The normalized spacial score (nSPS) is 10.3. The van der Waals surface area contributed by atoms with Crippen LogP contribution in [0, 0.1) is 15.9 Å². The van der Waals surface area contributed by atoms with E-state index >= 15 is 0 Å². The standard InChI is InChI=1S/C14H12ClFN2O2/c1-17(12-4-2-3-11(16)8-12)13-5-6-14(18(19)20)10(7-13)9-15/h2-8H,9H2,1H3. The molecule has 104 valence electrons. The predicted octanol–water partition coefficient (Wildman–Crippen LogP) is 4.24. The van der Waals surface area contributed by atoms with Crippen LogP contribution in [0.15, 0.2) is 42.5 Å². The van der Waals surface area contributed by atoms with E-state index in [4.69, 9.17) is 11.6 Å². The van der Waals surface area contributed by atoms with Gasteiger partial charge in [-0.2, -0.15) is 0 Å². The molecule has 0 saturated carbocycles. The lowest BCUT2D eigenvalue weighted by molar-refractivity contribution is -0.385. The molecule has 2 aromatic rings. The lowest BCUT2D eigenvalue weighted by atomic mass is 10.1. The largest absolute Gasteiger partial charge is 0.345 e. The first-order valence-electron chi connectivity index (χ1n) is 5.85. The average Bonchev–Trinajstić information content (AvgIpc) is 2.45. The fourth-order valence-corrected chi connectivity index (χ4v) is 2.11. The van der Waals surface area contributed by atoms with E-state index in [1.807, 2.05) is 0 Å². The number of anilines is 2. The van der Waals surface area contributed by atoms with Gasteiger partial charge in [0.2, 0.25) is 0 Å². The molecule has 0 bridgehead atoms. The van der Waals surface area contributed by atoms with Crippen molar-refractivity contribution in [2.75, 3.05) is 11.9 Å². The van der Waals surface area contributed by atoms with E-state index in [9.17, 15) is 14.5 Å². The van der Waals surface area contributed by atoms with Gasteiger partial charge in [-0.05, 0) is 30.3 Å². The Hall–Kier alpha value is -2.14. The third-order valence-corrected chi connectivity index (χ3v) is 3.27. The molecule has 0 saturated heterocycles. The number of benzene rings is 2. The highest BCUT2D eigenvalue weighted by Gasteiger charge is 2.15. The predicted molar refractivity (Wildman–Crippen MR) is 77.1 cm³/mol. The number of rotatable bonds is 4. The molecule has 0 unspecified atom stereocenters. The second-order valence-corrected chi connectivity index (χ2v) is 4.51. The van der Waals surface area contributed by atoms with E-state index in [1.54, 1.807) is 36.2 Å². The van der Waals surface area contributed by atoms with Crippen LogP contribution in [0.3, 0.4) is 0 Å². The molecule has 4 nitrogen and oxygen atoms in total. The minimum Gasteiger partial charge on any atom is -0.345 e. The molecular formula is C14H12ClFN2O2. The summed E-state index contributed by atoms with van der Waals surface area (Å²) >= 11 is 5.74. The second-order valence-electron chi connectivity index (χ2n) is 4.24. The summed E-state index contributed by atoms with van der Waals surface area (Å²) in [6.07, 6.45) is 0. The van der Waals surface area contributed by atoms with Crippen LogP contribution in [0.1, 0.15) is 5.56 Å². The highest BCUT2D eigenvalue weighted by atomic mass is 35.5.